The summed E-state index contributed by atoms with van der Waals surface area (Å²) in [6.45, 7) is 1.91. The van der Waals surface area contributed by atoms with Crippen LogP contribution in [0.4, 0.5) is 5.82 Å². The van der Waals surface area contributed by atoms with Gasteiger partial charge in [-0.2, -0.15) is 5.26 Å². The molecule has 0 unspecified atom stereocenters. The smallest absolute Gasteiger partial charge is 0.127 e. The summed E-state index contributed by atoms with van der Waals surface area (Å²) >= 11 is 0. The fourth-order valence-corrected chi connectivity index (χ4v) is 2.68. The molecule has 0 spiro atoms. The topological polar surface area (TPSA) is 48.7 Å². The second-order valence-electron chi connectivity index (χ2n) is 5.01. The van der Waals surface area contributed by atoms with E-state index in [1.54, 1.807) is 6.07 Å². The summed E-state index contributed by atoms with van der Waals surface area (Å²) < 4.78 is 0. The fourth-order valence-electron chi connectivity index (χ4n) is 2.68. The van der Waals surface area contributed by atoms with Crippen molar-refractivity contribution in [2.24, 2.45) is 0 Å². The van der Waals surface area contributed by atoms with Gasteiger partial charge in [-0.15, -0.1) is 0 Å². The minimum Gasteiger partial charge on any atom is -0.367 e. The maximum Gasteiger partial charge on any atom is 0.127 e. The van der Waals surface area contributed by atoms with Crippen molar-refractivity contribution in [1.82, 2.24) is 4.98 Å². The number of anilines is 1. The number of benzene rings is 1. The maximum absolute atomic E-state index is 8.98. The van der Waals surface area contributed by atoms with E-state index in [1.165, 1.54) is 11.1 Å². The number of fused-ring (bicyclic) bond motifs is 1. The van der Waals surface area contributed by atoms with E-state index in [9.17, 15) is 0 Å². The van der Waals surface area contributed by atoms with Crippen LogP contribution in [0.15, 0.2) is 36.4 Å². The Labute approximate surface area is 112 Å². The Kier molecular flexibility index (Phi) is 2.92. The van der Waals surface area contributed by atoms with Gasteiger partial charge in [-0.05, 0) is 43.0 Å². The quantitative estimate of drug-likeness (QED) is 0.890. The minimum atomic E-state index is 0.373. The highest BCUT2D eigenvalue weighted by Gasteiger charge is 2.20. The fraction of sp³-hybridized carbons (Fsp3) is 0.250. The van der Waals surface area contributed by atoms with Crippen molar-refractivity contribution in [3.63, 3.8) is 0 Å². The molecule has 0 fully saturated rings. The van der Waals surface area contributed by atoms with Gasteiger partial charge in [0.1, 0.15) is 5.82 Å². The van der Waals surface area contributed by atoms with Crippen LogP contribution in [0.25, 0.3) is 0 Å². The molecule has 3 nitrogen and oxygen atoms in total. The standard InChI is InChI=1S/C16H15N3/c1-11-6-12(10-17)7-16(18-11)19-15-8-13-4-2-3-5-14(13)9-15/h2-7,15H,8-9H2,1H3,(H,18,19). The summed E-state index contributed by atoms with van der Waals surface area (Å²) in [6, 6.07) is 14.7. The van der Waals surface area contributed by atoms with Gasteiger partial charge < -0.3 is 5.32 Å². The first-order valence-corrected chi connectivity index (χ1v) is 6.47. The van der Waals surface area contributed by atoms with Crippen LogP contribution in [-0.2, 0) is 12.8 Å². The second-order valence-corrected chi connectivity index (χ2v) is 5.01. The molecule has 1 aliphatic carbocycles. The maximum atomic E-state index is 8.98. The summed E-state index contributed by atoms with van der Waals surface area (Å²) in [5.74, 6) is 0.800. The Hall–Kier alpha value is -2.34. The molecule has 0 saturated heterocycles. The summed E-state index contributed by atoms with van der Waals surface area (Å²) in [5, 5.41) is 12.4. The van der Waals surface area contributed by atoms with Gasteiger partial charge in [0, 0.05) is 11.7 Å². The third kappa shape index (κ3) is 2.43. The van der Waals surface area contributed by atoms with Crippen molar-refractivity contribution in [3.05, 3.63) is 58.8 Å². The lowest BCUT2D eigenvalue weighted by molar-refractivity contribution is 0.768. The molecule has 3 heteroatoms. The zero-order valence-electron chi connectivity index (χ0n) is 10.9. The van der Waals surface area contributed by atoms with Crippen LogP contribution in [0.5, 0.6) is 0 Å². The van der Waals surface area contributed by atoms with Crippen molar-refractivity contribution in [3.8, 4) is 6.07 Å². The molecule has 0 saturated carbocycles. The van der Waals surface area contributed by atoms with Gasteiger partial charge in [-0.3, -0.25) is 0 Å². The van der Waals surface area contributed by atoms with E-state index in [-0.39, 0.29) is 0 Å². The minimum absolute atomic E-state index is 0.373. The van der Waals surface area contributed by atoms with Gasteiger partial charge in [0.05, 0.1) is 11.6 Å². The Morgan fingerprint density at radius 3 is 2.53 bits per heavy atom. The first kappa shape index (κ1) is 11.7. The van der Waals surface area contributed by atoms with Crippen LogP contribution in [0.2, 0.25) is 0 Å². The van der Waals surface area contributed by atoms with E-state index in [4.69, 9.17) is 5.26 Å². The van der Waals surface area contributed by atoms with Crippen LogP contribution < -0.4 is 5.32 Å². The lowest BCUT2D eigenvalue weighted by Crippen LogP contribution is -2.20. The van der Waals surface area contributed by atoms with Crippen molar-refractivity contribution < 1.29 is 0 Å². The average Bonchev–Trinajstić information content (AvgIpc) is 2.80. The molecule has 1 heterocycles. The number of aryl methyl sites for hydroxylation is 1. The van der Waals surface area contributed by atoms with E-state index in [2.05, 4.69) is 40.6 Å². The molecule has 1 aromatic carbocycles. The number of aromatic nitrogens is 1. The van der Waals surface area contributed by atoms with E-state index >= 15 is 0 Å². The predicted molar refractivity (Wildman–Crippen MR) is 74.9 cm³/mol. The van der Waals surface area contributed by atoms with Crippen molar-refractivity contribution in [1.29, 1.82) is 5.26 Å². The van der Waals surface area contributed by atoms with E-state index in [0.717, 1.165) is 24.4 Å². The largest absolute Gasteiger partial charge is 0.367 e. The molecule has 0 atom stereocenters. The monoisotopic (exact) mass is 249 g/mol. The molecular weight excluding hydrogens is 234 g/mol. The third-order valence-corrected chi connectivity index (χ3v) is 3.49. The molecule has 2 aromatic rings. The SMILES string of the molecule is Cc1cc(C#N)cc(NC2Cc3ccccc3C2)n1. The number of nitriles is 1. The average molecular weight is 249 g/mol. The first-order chi connectivity index (χ1) is 9.24. The second kappa shape index (κ2) is 4.74. The first-order valence-electron chi connectivity index (χ1n) is 6.47. The highest BCUT2D eigenvalue weighted by Crippen LogP contribution is 2.24. The summed E-state index contributed by atoms with van der Waals surface area (Å²) in [7, 11) is 0. The summed E-state index contributed by atoms with van der Waals surface area (Å²) in [5.41, 5.74) is 4.35. The lowest BCUT2D eigenvalue weighted by atomic mass is 10.1. The molecule has 19 heavy (non-hydrogen) atoms. The highest BCUT2D eigenvalue weighted by molar-refractivity contribution is 5.47. The molecule has 0 aliphatic heterocycles. The van der Waals surface area contributed by atoms with Crippen molar-refractivity contribution >= 4 is 5.82 Å². The highest BCUT2D eigenvalue weighted by atomic mass is 15.0. The van der Waals surface area contributed by atoms with Gasteiger partial charge in [0.25, 0.3) is 0 Å². The van der Waals surface area contributed by atoms with Gasteiger partial charge in [-0.25, -0.2) is 4.98 Å². The van der Waals surface area contributed by atoms with Crippen molar-refractivity contribution in [2.75, 3.05) is 5.32 Å². The Morgan fingerprint density at radius 2 is 1.89 bits per heavy atom. The molecular formula is C16H15N3. The van der Waals surface area contributed by atoms with Gasteiger partial charge in [0.2, 0.25) is 0 Å². The molecule has 1 aromatic heterocycles. The van der Waals surface area contributed by atoms with Crippen LogP contribution in [-0.4, -0.2) is 11.0 Å². The van der Waals surface area contributed by atoms with Crippen LogP contribution in [0.1, 0.15) is 22.4 Å². The van der Waals surface area contributed by atoms with Crippen LogP contribution in [0.3, 0.4) is 0 Å². The molecule has 0 radical (unpaired) electrons. The molecule has 1 N–H and O–H groups in total. The van der Waals surface area contributed by atoms with Gasteiger partial charge in [0.15, 0.2) is 0 Å². The number of rotatable bonds is 2. The normalized spacial score (nSPS) is 13.9. The van der Waals surface area contributed by atoms with Crippen molar-refractivity contribution in [2.45, 2.75) is 25.8 Å². The number of pyridine rings is 1. The summed E-state index contributed by atoms with van der Waals surface area (Å²) in [4.78, 5) is 4.45. The molecule has 0 bridgehead atoms. The number of nitrogens with zero attached hydrogens (tertiary/aromatic N) is 2. The number of nitrogens with one attached hydrogen (secondary N) is 1. The van der Waals surface area contributed by atoms with Gasteiger partial charge in [-0.1, -0.05) is 24.3 Å². The lowest BCUT2D eigenvalue weighted by Gasteiger charge is -2.13. The predicted octanol–water partition coefficient (Wildman–Crippen LogP) is 2.84. The third-order valence-electron chi connectivity index (χ3n) is 3.49. The summed E-state index contributed by atoms with van der Waals surface area (Å²) in [6.07, 6.45) is 2.04. The molecule has 0 amide bonds. The van der Waals surface area contributed by atoms with Crippen LogP contribution >= 0.6 is 0 Å². The van der Waals surface area contributed by atoms with E-state index in [0.29, 0.717) is 11.6 Å². The Bertz CT molecular complexity index is 630. The zero-order valence-corrected chi connectivity index (χ0v) is 10.9. The Morgan fingerprint density at radius 1 is 1.21 bits per heavy atom. The molecule has 94 valence electrons. The van der Waals surface area contributed by atoms with Gasteiger partial charge >= 0.3 is 0 Å². The molecule has 1 aliphatic rings. The number of hydrogen-bond donors (Lipinski definition) is 1. The van der Waals surface area contributed by atoms with E-state index < -0.39 is 0 Å². The Balaban J connectivity index is 1.78. The molecule has 3 rings (SSSR count). The zero-order chi connectivity index (χ0) is 13.2. The van der Waals surface area contributed by atoms with E-state index in [1.807, 2.05) is 13.0 Å². The number of hydrogen-bond acceptors (Lipinski definition) is 3. The van der Waals surface area contributed by atoms with Crippen LogP contribution in [0, 0.1) is 18.3 Å².